The molecule has 2 nitrogen and oxygen atoms in total. The van der Waals surface area contributed by atoms with Crippen LogP contribution in [0.2, 0.25) is 0 Å². The third-order valence-electron chi connectivity index (χ3n) is 4.30. The molecule has 0 aromatic heterocycles. The number of nitrogens with one attached hydrogen (secondary N) is 1. The van der Waals surface area contributed by atoms with Crippen LogP contribution in [-0.4, -0.2) is 17.3 Å². The lowest BCUT2D eigenvalue weighted by molar-refractivity contribution is 0.0872. The highest BCUT2D eigenvalue weighted by atomic mass is 35.5. The van der Waals surface area contributed by atoms with Gasteiger partial charge in [-0.15, -0.1) is 11.6 Å². The van der Waals surface area contributed by atoms with Gasteiger partial charge in [0.15, 0.2) is 0 Å². The fourth-order valence-electron chi connectivity index (χ4n) is 2.65. The van der Waals surface area contributed by atoms with Crippen molar-refractivity contribution in [1.29, 1.82) is 0 Å². The fraction of sp³-hybridized carbons (Fsp3) is 0.562. The average Bonchev–Trinajstić information content (AvgIpc) is 2.44. The quantitative estimate of drug-likeness (QED) is 0.838. The summed E-state index contributed by atoms with van der Waals surface area (Å²) < 4.78 is 13.5. The number of carbonyl (C=O) groups is 1. The first-order valence-electron chi connectivity index (χ1n) is 7.10. The van der Waals surface area contributed by atoms with E-state index in [4.69, 9.17) is 11.6 Å². The third-order valence-corrected chi connectivity index (χ3v) is 4.81. The highest BCUT2D eigenvalue weighted by molar-refractivity contribution is 6.19. The molecule has 0 spiro atoms. The maximum Gasteiger partial charge on any atom is 0.251 e. The Hall–Kier alpha value is -1.09. The summed E-state index contributed by atoms with van der Waals surface area (Å²) in [5, 5.41) is 3.03. The summed E-state index contributed by atoms with van der Waals surface area (Å²) in [6.45, 7) is 3.90. The Bertz CT molecular complexity index is 495. The van der Waals surface area contributed by atoms with Gasteiger partial charge in [0, 0.05) is 11.4 Å². The zero-order chi connectivity index (χ0) is 14.8. The van der Waals surface area contributed by atoms with Gasteiger partial charge in [-0.1, -0.05) is 13.0 Å². The van der Waals surface area contributed by atoms with E-state index in [-0.39, 0.29) is 17.3 Å². The number of rotatable bonds is 3. The molecule has 1 aromatic carbocycles. The third kappa shape index (κ3) is 3.32. The Labute approximate surface area is 124 Å². The van der Waals surface area contributed by atoms with Gasteiger partial charge < -0.3 is 5.32 Å². The van der Waals surface area contributed by atoms with Crippen LogP contribution in [0.15, 0.2) is 18.2 Å². The molecule has 0 unspecified atom stereocenters. The zero-order valence-corrected chi connectivity index (χ0v) is 12.8. The number of amides is 1. The minimum Gasteiger partial charge on any atom is -0.345 e. The predicted molar refractivity (Wildman–Crippen MR) is 79.7 cm³/mol. The second-order valence-electron chi connectivity index (χ2n) is 6.01. The molecule has 1 amide bonds. The molecule has 1 aromatic rings. The number of hydrogen-bond donors (Lipinski definition) is 1. The highest BCUT2D eigenvalue weighted by Crippen LogP contribution is 2.33. The van der Waals surface area contributed by atoms with Crippen molar-refractivity contribution >= 4 is 17.5 Å². The monoisotopic (exact) mass is 297 g/mol. The van der Waals surface area contributed by atoms with E-state index in [0.717, 1.165) is 25.7 Å². The van der Waals surface area contributed by atoms with Crippen molar-refractivity contribution in [2.24, 2.45) is 5.92 Å². The van der Waals surface area contributed by atoms with Crippen LogP contribution in [0.25, 0.3) is 0 Å². The van der Waals surface area contributed by atoms with Gasteiger partial charge in [0.1, 0.15) is 5.82 Å². The van der Waals surface area contributed by atoms with Gasteiger partial charge in [0.05, 0.1) is 5.54 Å². The summed E-state index contributed by atoms with van der Waals surface area (Å²) in [5.74, 6) is 0.494. The molecule has 1 aliphatic carbocycles. The van der Waals surface area contributed by atoms with Crippen molar-refractivity contribution in [3.8, 4) is 0 Å². The lowest BCUT2D eigenvalue weighted by Gasteiger charge is -2.38. The van der Waals surface area contributed by atoms with Crippen LogP contribution < -0.4 is 5.32 Å². The lowest BCUT2D eigenvalue weighted by Crippen LogP contribution is -2.52. The van der Waals surface area contributed by atoms with Gasteiger partial charge in [-0.25, -0.2) is 4.39 Å². The minimum atomic E-state index is -0.352. The highest BCUT2D eigenvalue weighted by Gasteiger charge is 2.35. The molecule has 2 rings (SSSR count). The Kier molecular flexibility index (Phi) is 4.69. The van der Waals surface area contributed by atoms with Crippen LogP contribution in [0.1, 0.15) is 48.5 Å². The maximum absolute atomic E-state index is 13.5. The molecule has 0 heterocycles. The molecule has 1 fully saturated rings. The Morgan fingerprint density at radius 2 is 2.10 bits per heavy atom. The van der Waals surface area contributed by atoms with E-state index in [1.54, 1.807) is 19.1 Å². The molecular weight excluding hydrogens is 277 g/mol. The molecular formula is C16H21ClFNO. The first kappa shape index (κ1) is 15.3. The number of aryl methyl sites for hydroxylation is 1. The summed E-state index contributed by atoms with van der Waals surface area (Å²) in [7, 11) is 0. The zero-order valence-electron chi connectivity index (χ0n) is 12.0. The Balaban J connectivity index is 2.11. The van der Waals surface area contributed by atoms with Gasteiger partial charge >= 0.3 is 0 Å². The van der Waals surface area contributed by atoms with Gasteiger partial charge in [0.25, 0.3) is 5.91 Å². The van der Waals surface area contributed by atoms with Crippen molar-refractivity contribution in [3.05, 3.63) is 35.1 Å². The van der Waals surface area contributed by atoms with E-state index in [1.807, 2.05) is 0 Å². The molecule has 1 aliphatic rings. The van der Waals surface area contributed by atoms with Crippen molar-refractivity contribution in [3.63, 3.8) is 0 Å². The number of carbonyl (C=O) groups excluding carboxylic acids is 1. The first-order valence-corrected chi connectivity index (χ1v) is 7.64. The number of benzene rings is 1. The van der Waals surface area contributed by atoms with E-state index in [0.29, 0.717) is 22.9 Å². The van der Waals surface area contributed by atoms with Gasteiger partial charge in [-0.05, 0) is 56.2 Å². The van der Waals surface area contributed by atoms with Crippen LogP contribution in [0, 0.1) is 18.7 Å². The van der Waals surface area contributed by atoms with Crippen molar-refractivity contribution < 1.29 is 9.18 Å². The smallest absolute Gasteiger partial charge is 0.251 e. The largest absolute Gasteiger partial charge is 0.345 e. The van der Waals surface area contributed by atoms with Crippen LogP contribution >= 0.6 is 11.6 Å². The van der Waals surface area contributed by atoms with Crippen molar-refractivity contribution in [1.82, 2.24) is 5.32 Å². The van der Waals surface area contributed by atoms with Crippen molar-refractivity contribution in [2.45, 2.75) is 45.1 Å². The van der Waals surface area contributed by atoms with E-state index < -0.39 is 0 Å². The van der Waals surface area contributed by atoms with Crippen LogP contribution in [0.3, 0.4) is 0 Å². The summed E-state index contributed by atoms with van der Waals surface area (Å²) in [5.41, 5.74) is 0.559. The van der Waals surface area contributed by atoms with Gasteiger partial charge in [-0.2, -0.15) is 0 Å². The van der Waals surface area contributed by atoms with Crippen LogP contribution in [-0.2, 0) is 0 Å². The second kappa shape index (κ2) is 6.13. The molecule has 0 radical (unpaired) electrons. The average molecular weight is 298 g/mol. The maximum atomic E-state index is 13.5. The van der Waals surface area contributed by atoms with E-state index >= 15 is 0 Å². The lowest BCUT2D eigenvalue weighted by atomic mass is 9.78. The molecule has 0 aliphatic heterocycles. The standard InChI is InChI=1S/C16H21ClFNO/c1-11-5-7-16(10-17,8-6-11)19-15(20)13-4-3-12(2)14(18)9-13/h3-4,9,11H,5-8,10H2,1-2H3,(H,19,20). The van der Waals surface area contributed by atoms with Crippen LogP contribution in [0.5, 0.6) is 0 Å². The van der Waals surface area contributed by atoms with E-state index in [9.17, 15) is 9.18 Å². The molecule has 110 valence electrons. The van der Waals surface area contributed by atoms with E-state index in [2.05, 4.69) is 12.2 Å². The normalized spacial score (nSPS) is 26.3. The van der Waals surface area contributed by atoms with Crippen LogP contribution in [0.4, 0.5) is 4.39 Å². The summed E-state index contributed by atoms with van der Waals surface area (Å²) in [6, 6.07) is 4.57. The number of halogens is 2. The molecule has 0 bridgehead atoms. The Morgan fingerprint density at radius 1 is 1.45 bits per heavy atom. The summed E-state index contributed by atoms with van der Waals surface area (Å²) in [4.78, 5) is 12.3. The summed E-state index contributed by atoms with van der Waals surface area (Å²) in [6.07, 6.45) is 3.90. The molecule has 4 heteroatoms. The SMILES string of the molecule is Cc1ccc(C(=O)NC2(CCl)CCC(C)CC2)cc1F. The van der Waals surface area contributed by atoms with E-state index in [1.165, 1.54) is 6.07 Å². The number of alkyl halides is 1. The molecule has 0 saturated heterocycles. The second-order valence-corrected chi connectivity index (χ2v) is 6.28. The summed E-state index contributed by atoms with van der Waals surface area (Å²) >= 11 is 6.08. The Morgan fingerprint density at radius 3 is 2.65 bits per heavy atom. The minimum absolute atomic E-state index is 0.237. The van der Waals surface area contributed by atoms with Gasteiger partial charge in [-0.3, -0.25) is 4.79 Å². The molecule has 0 atom stereocenters. The molecule has 1 saturated carbocycles. The van der Waals surface area contributed by atoms with Gasteiger partial charge in [0.2, 0.25) is 0 Å². The molecule has 20 heavy (non-hydrogen) atoms. The predicted octanol–water partition coefficient (Wildman–Crippen LogP) is 4.05. The number of hydrogen-bond acceptors (Lipinski definition) is 1. The first-order chi connectivity index (χ1) is 9.46. The van der Waals surface area contributed by atoms with Crippen molar-refractivity contribution in [2.75, 3.05) is 5.88 Å². The fourth-order valence-corrected chi connectivity index (χ4v) is 2.99. The topological polar surface area (TPSA) is 29.1 Å². The molecule has 1 N–H and O–H groups in total.